The quantitative estimate of drug-likeness (QED) is 0.804. The van der Waals surface area contributed by atoms with Crippen molar-refractivity contribution in [1.82, 2.24) is 0 Å². The molecule has 0 bridgehead atoms. The molecular formula is C18H16O2. The van der Waals surface area contributed by atoms with Gasteiger partial charge in [-0.15, -0.1) is 0 Å². The van der Waals surface area contributed by atoms with Gasteiger partial charge in [0.05, 0.1) is 0 Å². The molecule has 0 aliphatic heterocycles. The molecule has 0 unspecified atom stereocenters. The van der Waals surface area contributed by atoms with Gasteiger partial charge in [-0.25, -0.2) is 0 Å². The van der Waals surface area contributed by atoms with Crippen LogP contribution in [0.2, 0.25) is 0 Å². The Hall–Kier alpha value is -2.48. The van der Waals surface area contributed by atoms with Crippen LogP contribution >= 0.6 is 0 Å². The van der Waals surface area contributed by atoms with Crippen molar-refractivity contribution in [2.75, 3.05) is 0 Å². The molecule has 2 N–H and O–H groups in total. The molecule has 2 heteroatoms. The molecule has 20 heavy (non-hydrogen) atoms. The van der Waals surface area contributed by atoms with E-state index in [0.717, 1.165) is 11.1 Å². The van der Waals surface area contributed by atoms with Crippen LogP contribution < -0.4 is 0 Å². The van der Waals surface area contributed by atoms with E-state index < -0.39 is 0 Å². The van der Waals surface area contributed by atoms with Gasteiger partial charge in [-0.1, -0.05) is 42.5 Å². The van der Waals surface area contributed by atoms with Gasteiger partial charge < -0.3 is 10.2 Å². The SMILES string of the molecule is Oc1cc(O)cc(/C=C/c2ccc(C3=CCC3)cc2)c1. The minimum Gasteiger partial charge on any atom is -0.508 e. The van der Waals surface area contributed by atoms with E-state index in [0.29, 0.717) is 0 Å². The summed E-state index contributed by atoms with van der Waals surface area (Å²) >= 11 is 0. The van der Waals surface area contributed by atoms with Gasteiger partial charge in [0.2, 0.25) is 0 Å². The van der Waals surface area contributed by atoms with Gasteiger partial charge in [0, 0.05) is 6.07 Å². The number of phenols is 2. The van der Waals surface area contributed by atoms with Crippen LogP contribution in [-0.4, -0.2) is 10.2 Å². The van der Waals surface area contributed by atoms with E-state index in [1.165, 1.54) is 30.0 Å². The van der Waals surface area contributed by atoms with Crippen LogP contribution in [0.4, 0.5) is 0 Å². The van der Waals surface area contributed by atoms with Gasteiger partial charge in [0.15, 0.2) is 0 Å². The number of aromatic hydroxyl groups is 2. The molecule has 0 saturated heterocycles. The van der Waals surface area contributed by atoms with Crippen LogP contribution in [0.3, 0.4) is 0 Å². The number of benzene rings is 2. The molecule has 0 atom stereocenters. The summed E-state index contributed by atoms with van der Waals surface area (Å²) in [5.41, 5.74) is 4.59. The molecule has 1 aliphatic carbocycles. The molecule has 0 fully saturated rings. The summed E-state index contributed by atoms with van der Waals surface area (Å²) in [7, 11) is 0. The molecule has 2 aromatic rings. The smallest absolute Gasteiger partial charge is 0.119 e. The summed E-state index contributed by atoms with van der Waals surface area (Å²) in [6, 6.07) is 13.0. The predicted octanol–water partition coefficient (Wildman–Crippen LogP) is 4.45. The Balaban J connectivity index is 1.78. The van der Waals surface area contributed by atoms with E-state index in [1.54, 1.807) is 12.1 Å². The van der Waals surface area contributed by atoms with Gasteiger partial charge in [-0.2, -0.15) is 0 Å². The average Bonchev–Trinajstić information content (AvgIpc) is 2.35. The molecule has 0 amide bonds. The highest BCUT2D eigenvalue weighted by atomic mass is 16.3. The summed E-state index contributed by atoms with van der Waals surface area (Å²) < 4.78 is 0. The van der Waals surface area contributed by atoms with E-state index in [4.69, 9.17) is 0 Å². The molecular weight excluding hydrogens is 248 g/mol. The molecule has 1 aliphatic rings. The lowest BCUT2D eigenvalue weighted by Gasteiger charge is -2.14. The highest BCUT2D eigenvalue weighted by Crippen LogP contribution is 2.29. The maximum absolute atomic E-state index is 9.42. The first-order valence-corrected chi connectivity index (χ1v) is 6.71. The van der Waals surface area contributed by atoms with E-state index in [2.05, 4.69) is 30.3 Å². The summed E-state index contributed by atoms with van der Waals surface area (Å²) in [4.78, 5) is 0. The van der Waals surface area contributed by atoms with Crippen molar-refractivity contribution in [3.05, 3.63) is 65.2 Å². The first-order valence-electron chi connectivity index (χ1n) is 6.71. The first kappa shape index (κ1) is 12.5. The average molecular weight is 264 g/mol. The van der Waals surface area contributed by atoms with Gasteiger partial charge in [-0.05, 0) is 47.2 Å². The molecule has 2 aromatic carbocycles. The third kappa shape index (κ3) is 2.75. The Kier molecular flexibility index (Phi) is 3.30. The predicted molar refractivity (Wildman–Crippen MR) is 82.4 cm³/mol. The topological polar surface area (TPSA) is 40.5 Å². The number of rotatable bonds is 3. The van der Waals surface area contributed by atoms with Crippen molar-refractivity contribution >= 4 is 17.7 Å². The maximum atomic E-state index is 9.42. The van der Waals surface area contributed by atoms with Crippen molar-refractivity contribution in [1.29, 1.82) is 0 Å². The molecule has 2 nitrogen and oxygen atoms in total. The van der Waals surface area contributed by atoms with Gasteiger partial charge in [0.25, 0.3) is 0 Å². The maximum Gasteiger partial charge on any atom is 0.119 e. The second-order valence-corrected chi connectivity index (χ2v) is 5.01. The molecule has 0 radical (unpaired) electrons. The van der Waals surface area contributed by atoms with Gasteiger partial charge >= 0.3 is 0 Å². The van der Waals surface area contributed by atoms with E-state index in [1.807, 2.05) is 12.2 Å². The zero-order chi connectivity index (χ0) is 13.9. The highest BCUT2D eigenvalue weighted by molar-refractivity contribution is 5.74. The number of hydrogen-bond donors (Lipinski definition) is 2. The minimum atomic E-state index is 0.0666. The van der Waals surface area contributed by atoms with Gasteiger partial charge in [-0.3, -0.25) is 0 Å². The minimum absolute atomic E-state index is 0.0666. The number of hydrogen-bond acceptors (Lipinski definition) is 2. The monoisotopic (exact) mass is 264 g/mol. The molecule has 100 valence electrons. The van der Waals surface area contributed by atoms with Crippen molar-refractivity contribution in [2.45, 2.75) is 12.8 Å². The van der Waals surface area contributed by atoms with Crippen molar-refractivity contribution in [3.63, 3.8) is 0 Å². The zero-order valence-electron chi connectivity index (χ0n) is 11.1. The Morgan fingerprint density at radius 3 is 1.95 bits per heavy atom. The summed E-state index contributed by atoms with van der Waals surface area (Å²) in [6.45, 7) is 0. The van der Waals surface area contributed by atoms with Crippen molar-refractivity contribution in [2.24, 2.45) is 0 Å². The zero-order valence-corrected chi connectivity index (χ0v) is 11.1. The van der Waals surface area contributed by atoms with Crippen LogP contribution in [0.1, 0.15) is 29.5 Å². The molecule has 0 saturated carbocycles. The second kappa shape index (κ2) is 5.25. The fourth-order valence-corrected chi connectivity index (χ4v) is 2.27. The van der Waals surface area contributed by atoms with Crippen LogP contribution in [-0.2, 0) is 0 Å². The molecule has 3 rings (SSSR count). The Morgan fingerprint density at radius 2 is 1.40 bits per heavy atom. The van der Waals surface area contributed by atoms with E-state index in [9.17, 15) is 10.2 Å². The fourth-order valence-electron chi connectivity index (χ4n) is 2.27. The third-order valence-electron chi connectivity index (χ3n) is 3.48. The largest absolute Gasteiger partial charge is 0.508 e. The lowest BCUT2D eigenvalue weighted by atomic mass is 9.91. The standard InChI is InChI=1S/C18H16O2/c19-17-10-14(11-18(20)12-17)5-4-13-6-8-16(9-7-13)15-2-1-3-15/h2,4-12,19-20H,1,3H2/b5-4+. The van der Waals surface area contributed by atoms with Crippen LogP contribution in [0.15, 0.2) is 48.5 Å². The van der Waals surface area contributed by atoms with Crippen molar-refractivity contribution < 1.29 is 10.2 Å². The Bertz CT molecular complexity index is 659. The van der Waals surface area contributed by atoms with Crippen LogP contribution in [0, 0.1) is 0 Å². The molecule has 0 aromatic heterocycles. The van der Waals surface area contributed by atoms with Crippen LogP contribution in [0.25, 0.3) is 17.7 Å². The first-order chi connectivity index (χ1) is 9.70. The van der Waals surface area contributed by atoms with Crippen LogP contribution in [0.5, 0.6) is 11.5 Å². The number of allylic oxidation sites excluding steroid dienone is 2. The van der Waals surface area contributed by atoms with Crippen molar-refractivity contribution in [3.8, 4) is 11.5 Å². The molecule has 0 heterocycles. The Labute approximate surface area is 118 Å². The normalized spacial score (nSPS) is 14.1. The van der Waals surface area contributed by atoms with E-state index >= 15 is 0 Å². The second-order valence-electron chi connectivity index (χ2n) is 5.01. The fraction of sp³-hybridized carbons (Fsp3) is 0.111. The summed E-state index contributed by atoms with van der Waals surface area (Å²) in [6.07, 6.45) is 8.47. The lowest BCUT2D eigenvalue weighted by Crippen LogP contribution is -1.92. The Morgan fingerprint density at radius 1 is 0.800 bits per heavy atom. The number of phenolic OH excluding ortho intramolecular Hbond substituents is 2. The highest BCUT2D eigenvalue weighted by Gasteiger charge is 2.07. The van der Waals surface area contributed by atoms with E-state index in [-0.39, 0.29) is 11.5 Å². The summed E-state index contributed by atoms with van der Waals surface area (Å²) in [5.74, 6) is 0.133. The third-order valence-corrected chi connectivity index (χ3v) is 3.48. The lowest BCUT2D eigenvalue weighted by molar-refractivity contribution is 0.450. The van der Waals surface area contributed by atoms with Gasteiger partial charge in [0.1, 0.15) is 11.5 Å². The molecule has 0 spiro atoms. The summed E-state index contributed by atoms with van der Waals surface area (Å²) in [5, 5.41) is 18.8.